The number of hydrogen-bond acceptors (Lipinski definition) is 3. The number of H-pyrrole nitrogens is 1. The fraction of sp³-hybridized carbons (Fsp3) is 0.412. The molecule has 0 saturated heterocycles. The number of aromatic amines is 1. The van der Waals surface area contributed by atoms with Gasteiger partial charge in [-0.1, -0.05) is 0 Å². The summed E-state index contributed by atoms with van der Waals surface area (Å²) < 4.78 is 5.21. The smallest absolute Gasteiger partial charge is 0.200 e. The van der Waals surface area contributed by atoms with Gasteiger partial charge in [0.1, 0.15) is 5.75 Å². The van der Waals surface area contributed by atoms with Crippen molar-refractivity contribution in [2.45, 2.75) is 25.7 Å². The molecular weight excluding hydrogens is 266 g/mol. The Morgan fingerprint density at radius 1 is 1.14 bits per heavy atom. The Kier molecular flexibility index (Phi) is 2.67. The lowest BCUT2D eigenvalue weighted by molar-refractivity contribution is 0.0940. The summed E-state index contributed by atoms with van der Waals surface area (Å²) in [6.07, 6.45) is 3.79. The van der Waals surface area contributed by atoms with Gasteiger partial charge in [0.05, 0.1) is 18.2 Å². The van der Waals surface area contributed by atoms with Crippen molar-refractivity contribution in [3.8, 4) is 5.75 Å². The van der Waals surface area contributed by atoms with Gasteiger partial charge in [0.2, 0.25) is 0 Å². The van der Waals surface area contributed by atoms with Gasteiger partial charge in [-0.05, 0) is 43.2 Å². The lowest BCUT2D eigenvalue weighted by atomic mass is 9.82. The first kappa shape index (κ1) is 12.6. The maximum atomic E-state index is 12.6. The maximum absolute atomic E-state index is 12.6. The zero-order valence-electron chi connectivity index (χ0n) is 11.9. The Morgan fingerprint density at radius 2 is 1.95 bits per heavy atom. The number of ether oxygens (including phenoxy) is 1. The first-order chi connectivity index (χ1) is 10.2. The number of carbonyl (C=O) groups is 1. The normalized spacial score (nSPS) is 21.4. The third kappa shape index (κ3) is 1.97. The van der Waals surface area contributed by atoms with Crippen molar-refractivity contribution in [1.29, 1.82) is 0 Å². The van der Waals surface area contributed by atoms with Gasteiger partial charge in [0.25, 0.3) is 0 Å². The number of pyridine rings is 1. The van der Waals surface area contributed by atoms with Gasteiger partial charge in [0.15, 0.2) is 11.2 Å². The molecule has 1 unspecified atom stereocenters. The van der Waals surface area contributed by atoms with Crippen LogP contribution in [0.5, 0.6) is 5.75 Å². The second-order valence-electron chi connectivity index (χ2n) is 6.15. The summed E-state index contributed by atoms with van der Waals surface area (Å²) in [6.45, 7) is 0. The quantitative estimate of drug-likeness (QED) is 0.921. The number of Topliss-reactive ketones (excluding diaryl/α,β-unsaturated/α-hetero) is 1. The van der Waals surface area contributed by atoms with Gasteiger partial charge in [0, 0.05) is 23.6 Å². The molecule has 0 spiro atoms. The number of carbonyl (C=O) groups excluding carboxylic acids is 1. The highest BCUT2D eigenvalue weighted by Gasteiger charge is 2.37. The largest absolute Gasteiger partial charge is 0.497 e. The lowest BCUT2D eigenvalue weighted by Gasteiger charge is -2.23. The minimum Gasteiger partial charge on any atom is -0.497 e. The monoisotopic (exact) mass is 283 g/mol. The highest BCUT2D eigenvalue weighted by atomic mass is 16.5. The SMILES string of the molecule is COc1ccc2c(=O)c3c([nH]c2c1)CC(C1CC1)CC3=O. The molecule has 1 N–H and O–H groups in total. The van der Waals surface area contributed by atoms with E-state index < -0.39 is 0 Å². The van der Waals surface area contributed by atoms with Crippen LogP contribution < -0.4 is 10.2 Å². The van der Waals surface area contributed by atoms with E-state index in [1.165, 1.54) is 12.8 Å². The number of aromatic nitrogens is 1. The van der Waals surface area contributed by atoms with Crippen molar-refractivity contribution in [2.24, 2.45) is 11.8 Å². The van der Waals surface area contributed by atoms with Crippen LogP contribution in [0.15, 0.2) is 23.0 Å². The minimum absolute atomic E-state index is 0.00659. The molecule has 1 heterocycles. The van der Waals surface area contributed by atoms with Gasteiger partial charge < -0.3 is 9.72 Å². The highest BCUT2D eigenvalue weighted by Crippen LogP contribution is 2.42. The summed E-state index contributed by atoms with van der Waals surface area (Å²) in [6, 6.07) is 5.31. The van der Waals surface area contributed by atoms with Crippen LogP contribution in [0.4, 0.5) is 0 Å². The van der Waals surface area contributed by atoms with Crippen LogP contribution in [-0.4, -0.2) is 17.9 Å². The molecule has 1 saturated carbocycles. The second-order valence-corrected chi connectivity index (χ2v) is 6.15. The molecule has 1 fully saturated rings. The Labute approximate surface area is 122 Å². The molecule has 108 valence electrons. The summed E-state index contributed by atoms with van der Waals surface area (Å²) in [7, 11) is 1.60. The Morgan fingerprint density at radius 3 is 2.67 bits per heavy atom. The summed E-state index contributed by atoms with van der Waals surface area (Å²) >= 11 is 0. The zero-order chi connectivity index (χ0) is 14.6. The summed E-state index contributed by atoms with van der Waals surface area (Å²) in [4.78, 5) is 28.3. The van der Waals surface area contributed by atoms with E-state index in [4.69, 9.17) is 4.74 Å². The van der Waals surface area contributed by atoms with Gasteiger partial charge in [-0.2, -0.15) is 0 Å². The molecule has 4 heteroatoms. The fourth-order valence-corrected chi connectivity index (χ4v) is 3.47. The molecule has 0 bridgehead atoms. The molecule has 1 aromatic carbocycles. The Hall–Kier alpha value is -2.10. The van der Waals surface area contributed by atoms with Crippen LogP contribution >= 0.6 is 0 Å². The number of benzene rings is 1. The standard InChI is InChI=1S/C17H17NO3/c1-21-11-4-5-12-13(8-11)18-14-6-10(9-2-3-9)7-15(19)16(14)17(12)20/h4-5,8-10H,2-3,6-7H2,1H3,(H,18,20). The van der Waals surface area contributed by atoms with Crippen molar-refractivity contribution in [2.75, 3.05) is 7.11 Å². The van der Waals surface area contributed by atoms with E-state index in [0.29, 0.717) is 35.0 Å². The average Bonchev–Trinajstić information content (AvgIpc) is 3.30. The predicted molar refractivity (Wildman–Crippen MR) is 80.0 cm³/mol. The summed E-state index contributed by atoms with van der Waals surface area (Å²) in [5.74, 6) is 1.79. The molecule has 0 amide bonds. The number of fused-ring (bicyclic) bond motifs is 2. The number of methoxy groups -OCH3 is 1. The van der Waals surface area contributed by atoms with Crippen LogP contribution in [0.2, 0.25) is 0 Å². The molecule has 2 aromatic rings. The van der Waals surface area contributed by atoms with E-state index in [1.54, 1.807) is 19.2 Å². The van der Waals surface area contributed by atoms with Gasteiger partial charge in [-0.25, -0.2) is 0 Å². The molecule has 0 aliphatic heterocycles. The minimum atomic E-state index is -0.138. The number of hydrogen-bond donors (Lipinski definition) is 1. The van der Waals surface area contributed by atoms with Gasteiger partial charge in [-0.3, -0.25) is 9.59 Å². The molecule has 21 heavy (non-hydrogen) atoms. The first-order valence-electron chi connectivity index (χ1n) is 7.43. The van der Waals surface area contributed by atoms with E-state index >= 15 is 0 Å². The van der Waals surface area contributed by atoms with E-state index in [0.717, 1.165) is 17.6 Å². The number of rotatable bonds is 2. The molecule has 4 nitrogen and oxygen atoms in total. The maximum Gasteiger partial charge on any atom is 0.200 e. The van der Waals surface area contributed by atoms with Gasteiger partial charge in [-0.15, -0.1) is 0 Å². The predicted octanol–water partition coefficient (Wildman–Crippen LogP) is 2.69. The van der Waals surface area contributed by atoms with E-state index in [2.05, 4.69) is 4.98 Å². The van der Waals surface area contributed by atoms with Crippen LogP contribution in [0, 0.1) is 11.8 Å². The first-order valence-corrected chi connectivity index (χ1v) is 7.43. The van der Waals surface area contributed by atoms with Crippen molar-refractivity contribution in [3.05, 3.63) is 39.7 Å². The summed E-state index contributed by atoms with van der Waals surface area (Å²) in [5.41, 5.74) is 1.81. The molecular formula is C17H17NO3. The third-order valence-electron chi connectivity index (χ3n) is 4.77. The number of ketones is 1. The number of nitrogens with one attached hydrogen (secondary N) is 1. The summed E-state index contributed by atoms with van der Waals surface area (Å²) in [5, 5.41) is 0.563. The molecule has 1 aromatic heterocycles. The second kappa shape index (κ2) is 4.45. The van der Waals surface area contributed by atoms with E-state index in [-0.39, 0.29) is 11.2 Å². The van der Waals surface area contributed by atoms with Crippen LogP contribution in [0.3, 0.4) is 0 Å². The molecule has 2 aliphatic carbocycles. The van der Waals surface area contributed by atoms with Crippen molar-refractivity contribution < 1.29 is 9.53 Å². The molecule has 4 rings (SSSR count). The van der Waals surface area contributed by atoms with E-state index in [9.17, 15) is 9.59 Å². The highest BCUT2D eigenvalue weighted by molar-refractivity contribution is 6.01. The lowest BCUT2D eigenvalue weighted by Crippen LogP contribution is -2.29. The van der Waals surface area contributed by atoms with Crippen LogP contribution in [0.25, 0.3) is 10.9 Å². The average molecular weight is 283 g/mol. The van der Waals surface area contributed by atoms with Crippen LogP contribution in [0.1, 0.15) is 35.3 Å². The Bertz CT molecular complexity index is 802. The van der Waals surface area contributed by atoms with Crippen molar-refractivity contribution in [1.82, 2.24) is 4.98 Å². The molecule has 2 aliphatic rings. The van der Waals surface area contributed by atoms with Gasteiger partial charge >= 0.3 is 0 Å². The fourth-order valence-electron chi connectivity index (χ4n) is 3.47. The van der Waals surface area contributed by atoms with E-state index in [1.807, 2.05) is 6.07 Å². The van der Waals surface area contributed by atoms with Crippen molar-refractivity contribution >= 4 is 16.7 Å². The topological polar surface area (TPSA) is 59.2 Å². The molecule has 0 radical (unpaired) electrons. The van der Waals surface area contributed by atoms with Crippen LogP contribution in [-0.2, 0) is 6.42 Å². The Balaban J connectivity index is 1.91. The zero-order valence-corrected chi connectivity index (χ0v) is 11.9. The third-order valence-corrected chi connectivity index (χ3v) is 4.77. The molecule has 1 atom stereocenters. The van der Waals surface area contributed by atoms with Crippen molar-refractivity contribution in [3.63, 3.8) is 0 Å².